The first-order chi connectivity index (χ1) is 8.75. The topological polar surface area (TPSA) is 41.3 Å². The summed E-state index contributed by atoms with van der Waals surface area (Å²) in [5.74, 6) is 0. The maximum absolute atomic E-state index is 5.91. The lowest BCUT2D eigenvalue weighted by molar-refractivity contribution is 0.209. The van der Waals surface area contributed by atoms with E-state index in [-0.39, 0.29) is 6.17 Å². The van der Waals surface area contributed by atoms with Crippen LogP contribution in [0, 0.1) is 0 Å². The highest BCUT2D eigenvalue weighted by molar-refractivity contribution is 4.95. The van der Waals surface area contributed by atoms with Crippen LogP contribution in [0.25, 0.3) is 0 Å². The van der Waals surface area contributed by atoms with Crippen molar-refractivity contribution in [2.75, 3.05) is 0 Å². The van der Waals surface area contributed by atoms with E-state index in [4.69, 9.17) is 5.73 Å². The van der Waals surface area contributed by atoms with E-state index < -0.39 is 0 Å². The van der Waals surface area contributed by atoms with Crippen LogP contribution in [0.5, 0.6) is 0 Å². The van der Waals surface area contributed by atoms with E-state index in [0.29, 0.717) is 6.17 Å². The first kappa shape index (κ1) is 15.1. The number of allylic oxidation sites excluding steroid dienone is 2. The maximum atomic E-state index is 5.91. The van der Waals surface area contributed by atoms with Crippen LogP contribution in [0.1, 0.15) is 58.8 Å². The van der Waals surface area contributed by atoms with E-state index in [1.807, 2.05) is 13.1 Å². The van der Waals surface area contributed by atoms with Gasteiger partial charge in [-0.1, -0.05) is 31.9 Å². The summed E-state index contributed by atoms with van der Waals surface area (Å²) in [6.07, 6.45) is 18.0. The zero-order valence-electron chi connectivity index (χ0n) is 11.9. The number of hydrogen-bond donors (Lipinski definition) is 2. The van der Waals surface area contributed by atoms with Gasteiger partial charge in [-0.15, -0.1) is 0 Å². The summed E-state index contributed by atoms with van der Waals surface area (Å²) >= 11 is 0. The van der Waals surface area contributed by atoms with Crippen molar-refractivity contribution in [3.63, 3.8) is 0 Å². The van der Waals surface area contributed by atoms with Gasteiger partial charge in [-0.25, -0.2) is 0 Å². The van der Waals surface area contributed by atoms with Gasteiger partial charge in [-0.2, -0.15) is 0 Å². The van der Waals surface area contributed by atoms with Crippen molar-refractivity contribution in [1.29, 1.82) is 0 Å². The molecule has 104 valence electrons. The summed E-state index contributed by atoms with van der Waals surface area (Å²) < 4.78 is 0. The lowest BCUT2D eigenvalue weighted by Crippen LogP contribution is -2.44. The highest BCUT2D eigenvalue weighted by Crippen LogP contribution is 2.13. The molecule has 0 aliphatic carbocycles. The van der Waals surface area contributed by atoms with Gasteiger partial charge in [0.15, 0.2) is 0 Å². The SMILES string of the molecule is CCCCC/C=C/CCCC1NC=CN1C(C)N. The molecule has 0 aromatic rings. The molecule has 0 saturated carbocycles. The Bertz CT molecular complexity index is 258. The van der Waals surface area contributed by atoms with Crippen molar-refractivity contribution in [2.45, 2.75) is 71.1 Å². The number of nitrogens with one attached hydrogen (secondary N) is 1. The van der Waals surface area contributed by atoms with Crippen LogP contribution in [-0.2, 0) is 0 Å². The molecule has 0 saturated heterocycles. The molecule has 0 amide bonds. The molecule has 0 spiro atoms. The van der Waals surface area contributed by atoms with Crippen molar-refractivity contribution in [3.8, 4) is 0 Å². The smallest absolute Gasteiger partial charge is 0.0995 e. The van der Waals surface area contributed by atoms with E-state index in [2.05, 4.69) is 35.5 Å². The van der Waals surface area contributed by atoms with Gasteiger partial charge >= 0.3 is 0 Å². The minimum Gasteiger partial charge on any atom is -0.370 e. The molecule has 0 radical (unpaired) electrons. The lowest BCUT2D eigenvalue weighted by atomic mass is 10.1. The van der Waals surface area contributed by atoms with E-state index in [1.165, 1.54) is 38.5 Å². The summed E-state index contributed by atoms with van der Waals surface area (Å²) in [6, 6.07) is 0. The van der Waals surface area contributed by atoms with Gasteiger partial charge in [0.2, 0.25) is 0 Å². The molecule has 0 aromatic heterocycles. The van der Waals surface area contributed by atoms with Gasteiger partial charge < -0.3 is 16.0 Å². The van der Waals surface area contributed by atoms with Crippen LogP contribution in [-0.4, -0.2) is 17.2 Å². The largest absolute Gasteiger partial charge is 0.370 e. The molecule has 1 rings (SSSR count). The van der Waals surface area contributed by atoms with E-state index in [1.54, 1.807) is 0 Å². The fourth-order valence-corrected chi connectivity index (χ4v) is 2.26. The van der Waals surface area contributed by atoms with Crippen molar-refractivity contribution in [1.82, 2.24) is 10.2 Å². The van der Waals surface area contributed by atoms with Crippen molar-refractivity contribution in [3.05, 3.63) is 24.6 Å². The molecule has 1 heterocycles. The summed E-state index contributed by atoms with van der Waals surface area (Å²) in [5.41, 5.74) is 5.91. The zero-order chi connectivity index (χ0) is 13.2. The molecule has 0 aromatic carbocycles. The second-order valence-corrected chi connectivity index (χ2v) is 5.08. The highest BCUT2D eigenvalue weighted by atomic mass is 15.3. The molecule has 3 nitrogen and oxygen atoms in total. The molecule has 0 fully saturated rings. The van der Waals surface area contributed by atoms with Crippen molar-refractivity contribution < 1.29 is 0 Å². The molecule has 3 heteroatoms. The first-order valence-electron chi connectivity index (χ1n) is 7.36. The number of unbranched alkanes of at least 4 members (excludes halogenated alkanes) is 4. The standard InChI is InChI=1S/C15H29N3/c1-3-4-5-6-7-8-9-10-11-15-17-12-13-18(15)14(2)16/h7-8,12-15,17H,3-6,9-11,16H2,1-2H3/b8-7+. The van der Waals surface area contributed by atoms with Gasteiger partial charge in [0.1, 0.15) is 0 Å². The van der Waals surface area contributed by atoms with Crippen LogP contribution in [0.2, 0.25) is 0 Å². The second kappa shape index (κ2) is 9.03. The third-order valence-electron chi connectivity index (χ3n) is 3.35. The molecule has 2 unspecified atom stereocenters. The molecule has 18 heavy (non-hydrogen) atoms. The minimum atomic E-state index is 0.0887. The summed E-state index contributed by atoms with van der Waals surface area (Å²) in [4.78, 5) is 2.19. The Balaban J connectivity index is 2.04. The summed E-state index contributed by atoms with van der Waals surface area (Å²) in [6.45, 7) is 4.27. The Morgan fingerprint density at radius 2 is 2.00 bits per heavy atom. The Kier molecular flexibility index (Phi) is 7.58. The van der Waals surface area contributed by atoms with Crippen LogP contribution in [0.15, 0.2) is 24.6 Å². The van der Waals surface area contributed by atoms with Crippen molar-refractivity contribution in [2.24, 2.45) is 5.73 Å². The highest BCUT2D eigenvalue weighted by Gasteiger charge is 2.19. The monoisotopic (exact) mass is 251 g/mol. The van der Waals surface area contributed by atoms with E-state index in [0.717, 1.165) is 6.42 Å². The van der Waals surface area contributed by atoms with Gasteiger partial charge in [-0.3, -0.25) is 0 Å². The Morgan fingerprint density at radius 1 is 1.28 bits per heavy atom. The molecule has 1 aliphatic heterocycles. The van der Waals surface area contributed by atoms with E-state index in [9.17, 15) is 0 Å². The van der Waals surface area contributed by atoms with Gasteiger partial charge in [0.25, 0.3) is 0 Å². The number of rotatable bonds is 9. The van der Waals surface area contributed by atoms with Crippen LogP contribution >= 0.6 is 0 Å². The third-order valence-corrected chi connectivity index (χ3v) is 3.35. The Labute approximate surface area is 112 Å². The molecule has 0 bridgehead atoms. The zero-order valence-corrected chi connectivity index (χ0v) is 11.9. The predicted molar refractivity (Wildman–Crippen MR) is 78.7 cm³/mol. The molecule has 2 atom stereocenters. The maximum Gasteiger partial charge on any atom is 0.0995 e. The fraction of sp³-hybridized carbons (Fsp3) is 0.733. The molecular weight excluding hydrogens is 222 g/mol. The summed E-state index contributed by atoms with van der Waals surface area (Å²) in [5, 5.41) is 3.35. The third kappa shape index (κ3) is 5.58. The van der Waals surface area contributed by atoms with Crippen LogP contribution in [0.3, 0.4) is 0 Å². The fourth-order valence-electron chi connectivity index (χ4n) is 2.26. The summed E-state index contributed by atoms with van der Waals surface area (Å²) in [7, 11) is 0. The average molecular weight is 251 g/mol. The van der Waals surface area contributed by atoms with Crippen LogP contribution in [0.4, 0.5) is 0 Å². The number of nitrogens with two attached hydrogens (primary N) is 1. The average Bonchev–Trinajstić information content (AvgIpc) is 2.81. The molecule has 1 aliphatic rings. The van der Waals surface area contributed by atoms with Crippen molar-refractivity contribution >= 4 is 0 Å². The Morgan fingerprint density at radius 3 is 2.67 bits per heavy atom. The minimum absolute atomic E-state index is 0.0887. The molecule has 3 N–H and O–H groups in total. The number of nitrogens with zero attached hydrogens (tertiary/aromatic N) is 1. The lowest BCUT2D eigenvalue weighted by Gasteiger charge is -2.28. The second-order valence-electron chi connectivity index (χ2n) is 5.08. The van der Waals surface area contributed by atoms with E-state index >= 15 is 0 Å². The Hall–Kier alpha value is -0.960. The van der Waals surface area contributed by atoms with Gasteiger partial charge in [0, 0.05) is 12.4 Å². The first-order valence-corrected chi connectivity index (χ1v) is 7.36. The normalized spacial score (nSPS) is 20.6. The van der Waals surface area contributed by atoms with Gasteiger partial charge in [0.05, 0.1) is 12.3 Å². The van der Waals surface area contributed by atoms with Gasteiger partial charge in [-0.05, 0) is 39.0 Å². The quantitative estimate of drug-likeness (QED) is 0.488. The molecular formula is C15H29N3. The number of hydrogen-bond acceptors (Lipinski definition) is 3. The van der Waals surface area contributed by atoms with Crippen LogP contribution < -0.4 is 11.1 Å². The predicted octanol–water partition coefficient (Wildman–Crippen LogP) is 3.30.